The van der Waals surface area contributed by atoms with Crippen LogP contribution in [0.3, 0.4) is 0 Å². The van der Waals surface area contributed by atoms with Crippen LogP contribution < -0.4 is 0 Å². The highest BCUT2D eigenvalue weighted by molar-refractivity contribution is 7.99. The van der Waals surface area contributed by atoms with Gasteiger partial charge in [0.15, 0.2) is 0 Å². The van der Waals surface area contributed by atoms with Gasteiger partial charge in [-0.2, -0.15) is 0 Å². The minimum absolute atomic E-state index is 1.07. The second kappa shape index (κ2) is 8.37. The third-order valence-corrected chi connectivity index (χ3v) is 3.00. The third-order valence-electron chi connectivity index (χ3n) is 2.04. The van der Waals surface area contributed by atoms with E-state index in [4.69, 9.17) is 0 Å². The average Bonchev–Trinajstić information content (AvgIpc) is 2.29. The maximum Gasteiger partial charge on any atom is 0.0160 e. The molecule has 0 radical (unpaired) electrons. The van der Waals surface area contributed by atoms with Crippen LogP contribution in [0.2, 0.25) is 0 Å². The normalized spacial score (nSPS) is 10.7. The molecule has 0 fully saturated rings. The Bertz CT molecular complexity index is 287. The molecule has 0 N–H and O–H groups in total. The zero-order valence-electron chi connectivity index (χ0n) is 9.06. The van der Waals surface area contributed by atoms with Gasteiger partial charge in [-0.25, -0.2) is 0 Å². The lowest BCUT2D eigenvalue weighted by Crippen LogP contribution is -1.74. The first-order chi connectivity index (χ1) is 7.43. The van der Waals surface area contributed by atoms with E-state index in [0.29, 0.717) is 0 Å². The van der Waals surface area contributed by atoms with E-state index in [1.54, 1.807) is 0 Å². The molecule has 0 saturated heterocycles. The van der Waals surface area contributed by atoms with Gasteiger partial charge in [0.1, 0.15) is 0 Å². The summed E-state index contributed by atoms with van der Waals surface area (Å²) in [5.41, 5.74) is 0. The number of benzene rings is 1. The van der Waals surface area contributed by atoms with Gasteiger partial charge in [-0.15, -0.1) is 18.3 Å². The molecule has 1 rings (SSSR count). The lowest BCUT2D eigenvalue weighted by molar-refractivity contribution is 0.869. The molecule has 0 saturated carbocycles. The molecule has 0 atom stereocenters. The number of unbranched alkanes of at least 4 members (excludes halogenated alkanes) is 2. The zero-order chi connectivity index (χ0) is 10.8. The van der Waals surface area contributed by atoms with E-state index in [9.17, 15) is 0 Å². The van der Waals surface area contributed by atoms with Crippen LogP contribution in [-0.4, -0.2) is 5.75 Å². The van der Waals surface area contributed by atoms with Crippen LogP contribution in [0.25, 0.3) is 0 Å². The molecule has 1 heteroatoms. The minimum Gasteiger partial charge on any atom is -0.122 e. The monoisotopic (exact) mass is 218 g/mol. The number of thioether (sulfide) groups is 1. The van der Waals surface area contributed by atoms with E-state index in [1.807, 2.05) is 17.8 Å². The second-order valence-corrected chi connectivity index (χ2v) is 4.41. The van der Waals surface area contributed by atoms with Crippen LogP contribution in [0, 0.1) is 0 Å². The Labute approximate surface area is 97.1 Å². The van der Waals surface area contributed by atoms with Crippen molar-refractivity contribution in [3.05, 3.63) is 55.1 Å². The minimum atomic E-state index is 1.07. The van der Waals surface area contributed by atoms with Crippen LogP contribution in [-0.2, 0) is 0 Å². The molecular formula is C14H18S. The van der Waals surface area contributed by atoms with Gasteiger partial charge < -0.3 is 0 Å². The Morgan fingerprint density at radius 3 is 2.60 bits per heavy atom. The van der Waals surface area contributed by atoms with Gasteiger partial charge >= 0.3 is 0 Å². The van der Waals surface area contributed by atoms with Crippen molar-refractivity contribution in [1.29, 1.82) is 0 Å². The van der Waals surface area contributed by atoms with Gasteiger partial charge in [0.25, 0.3) is 0 Å². The summed E-state index contributed by atoms with van der Waals surface area (Å²) in [5.74, 6) is 1.07. The molecule has 80 valence electrons. The summed E-state index contributed by atoms with van der Waals surface area (Å²) in [4.78, 5) is 1.34. The van der Waals surface area contributed by atoms with E-state index in [1.165, 1.54) is 17.7 Å². The molecule has 1 aromatic rings. The topological polar surface area (TPSA) is 0 Å². The van der Waals surface area contributed by atoms with Crippen molar-refractivity contribution in [3.63, 3.8) is 0 Å². The Balaban J connectivity index is 2.08. The predicted molar refractivity (Wildman–Crippen MR) is 70.4 cm³/mol. The van der Waals surface area contributed by atoms with Gasteiger partial charge in [-0.05, 0) is 31.4 Å². The maximum absolute atomic E-state index is 3.71. The number of allylic oxidation sites excluding steroid dienone is 2. The molecular weight excluding hydrogens is 200 g/mol. The molecule has 15 heavy (non-hydrogen) atoms. The van der Waals surface area contributed by atoms with Gasteiger partial charge in [-0.1, -0.05) is 36.4 Å². The van der Waals surface area contributed by atoms with Crippen LogP contribution in [0.1, 0.15) is 19.3 Å². The highest BCUT2D eigenvalue weighted by Gasteiger charge is 1.88. The summed E-state index contributed by atoms with van der Waals surface area (Å²) in [6, 6.07) is 10.5. The molecule has 0 aliphatic heterocycles. The van der Waals surface area contributed by atoms with Crippen LogP contribution in [0.15, 0.2) is 60.0 Å². The summed E-state index contributed by atoms with van der Waals surface area (Å²) < 4.78 is 0. The molecule has 0 spiro atoms. The Kier molecular flexibility index (Phi) is 6.76. The summed E-state index contributed by atoms with van der Waals surface area (Å²) in [6.07, 6.45) is 10.0. The molecule has 0 nitrogen and oxygen atoms in total. The first kappa shape index (κ1) is 12.1. The van der Waals surface area contributed by atoms with E-state index >= 15 is 0 Å². The smallest absolute Gasteiger partial charge is 0.0160 e. The number of hydrogen-bond acceptors (Lipinski definition) is 1. The second-order valence-electron chi connectivity index (χ2n) is 3.32. The number of rotatable bonds is 7. The quantitative estimate of drug-likeness (QED) is 0.363. The van der Waals surface area contributed by atoms with Crippen molar-refractivity contribution in [2.45, 2.75) is 24.2 Å². The fraction of sp³-hybridized carbons (Fsp3) is 0.286. The van der Waals surface area contributed by atoms with E-state index in [0.717, 1.165) is 12.2 Å². The predicted octanol–water partition coefficient (Wildman–Crippen LogP) is 4.69. The Morgan fingerprint density at radius 1 is 1.07 bits per heavy atom. The first-order valence-electron chi connectivity index (χ1n) is 5.37. The van der Waals surface area contributed by atoms with Crippen molar-refractivity contribution in [2.24, 2.45) is 0 Å². The SMILES string of the molecule is C=CCCCC=CCSc1ccccc1. The van der Waals surface area contributed by atoms with Crippen LogP contribution in [0.5, 0.6) is 0 Å². The van der Waals surface area contributed by atoms with Gasteiger partial charge in [0, 0.05) is 10.6 Å². The summed E-state index contributed by atoms with van der Waals surface area (Å²) in [7, 11) is 0. The first-order valence-corrected chi connectivity index (χ1v) is 6.36. The van der Waals surface area contributed by atoms with Crippen molar-refractivity contribution in [2.75, 3.05) is 5.75 Å². The Morgan fingerprint density at radius 2 is 1.87 bits per heavy atom. The van der Waals surface area contributed by atoms with Crippen molar-refractivity contribution >= 4 is 11.8 Å². The van der Waals surface area contributed by atoms with E-state index in [-0.39, 0.29) is 0 Å². The molecule has 1 aromatic carbocycles. The molecule has 0 aromatic heterocycles. The summed E-state index contributed by atoms with van der Waals surface area (Å²) in [6.45, 7) is 3.71. The maximum atomic E-state index is 3.71. The van der Waals surface area contributed by atoms with Crippen molar-refractivity contribution < 1.29 is 0 Å². The highest BCUT2D eigenvalue weighted by atomic mass is 32.2. The zero-order valence-corrected chi connectivity index (χ0v) is 9.88. The summed E-state index contributed by atoms with van der Waals surface area (Å²) >= 11 is 1.88. The molecule has 0 aliphatic rings. The van der Waals surface area contributed by atoms with Gasteiger partial charge in [0.2, 0.25) is 0 Å². The average molecular weight is 218 g/mol. The highest BCUT2D eigenvalue weighted by Crippen LogP contribution is 2.16. The largest absolute Gasteiger partial charge is 0.122 e. The standard InChI is InChI=1S/C14H18S/c1-2-3-4-5-6-10-13-15-14-11-8-7-9-12-14/h2,6-12H,1,3-5,13H2. The fourth-order valence-corrected chi connectivity index (χ4v) is 2.00. The molecule has 0 bridgehead atoms. The molecule has 0 amide bonds. The van der Waals surface area contributed by atoms with Crippen molar-refractivity contribution in [3.8, 4) is 0 Å². The lowest BCUT2D eigenvalue weighted by Gasteiger charge is -1.96. The third kappa shape index (κ3) is 6.19. The van der Waals surface area contributed by atoms with Gasteiger partial charge in [0.05, 0.1) is 0 Å². The Hall–Kier alpha value is -0.950. The van der Waals surface area contributed by atoms with Gasteiger partial charge in [-0.3, -0.25) is 0 Å². The summed E-state index contributed by atoms with van der Waals surface area (Å²) in [5, 5.41) is 0. The molecule has 0 aliphatic carbocycles. The fourth-order valence-electron chi connectivity index (χ4n) is 1.23. The van der Waals surface area contributed by atoms with Crippen LogP contribution in [0.4, 0.5) is 0 Å². The molecule has 0 heterocycles. The van der Waals surface area contributed by atoms with E-state index < -0.39 is 0 Å². The lowest BCUT2D eigenvalue weighted by atomic mass is 10.2. The van der Waals surface area contributed by atoms with E-state index in [2.05, 4.69) is 49.1 Å². The van der Waals surface area contributed by atoms with Crippen LogP contribution >= 0.6 is 11.8 Å². The van der Waals surface area contributed by atoms with Crippen molar-refractivity contribution in [1.82, 2.24) is 0 Å². The molecule has 0 unspecified atom stereocenters. The number of hydrogen-bond donors (Lipinski definition) is 0.